The molecule has 0 N–H and O–H groups in total. The van der Waals surface area contributed by atoms with Gasteiger partial charge in [-0.05, 0) is 89.9 Å². The number of aliphatic carboxylic acids is 1. The number of quaternary nitrogens is 1. The summed E-state index contributed by atoms with van der Waals surface area (Å²) >= 11 is 0. The van der Waals surface area contributed by atoms with E-state index in [9.17, 15) is 19.5 Å². The van der Waals surface area contributed by atoms with Crippen LogP contribution in [-0.2, 0) is 28.6 Å². The third-order valence-corrected chi connectivity index (χ3v) is 11.0. The molecule has 0 saturated heterocycles. The maximum absolute atomic E-state index is 12.8. The summed E-state index contributed by atoms with van der Waals surface area (Å²) in [5.74, 6) is -1.79. The van der Waals surface area contributed by atoms with E-state index in [1.807, 2.05) is 0 Å². The van der Waals surface area contributed by atoms with Gasteiger partial charge in [0.1, 0.15) is 12.6 Å². The minimum Gasteiger partial charge on any atom is -0.544 e. The van der Waals surface area contributed by atoms with Crippen LogP contribution in [0.4, 0.5) is 0 Å². The van der Waals surface area contributed by atoms with Crippen LogP contribution in [0.1, 0.15) is 200 Å². The molecule has 2 unspecified atom stereocenters. The van der Waals surface area contributed by atoms with Crippen LogP contribution in [0.5, 0.6) is 0 Å². The van der Waals surface area contributed by atoms with Crippen molar-refractivity contribution < 1.29 is 38.2 Å². The van der Waals surface area contributed by atoms with Crippen LogP contribution in [-0.4, -0.2) is 75.5 Å². The van der Waals surface area contributed by atoms with E-state index in [2.05, 4.69) is 98.9 Å². The van der Waals surface area contributed by atoms with E-state index >= 15 is 0 Å². The van der Waals surface area contributed by atoms with E-state index in [1.54, 1.807) is 21.1 Å². The topological polar surface area (TPSA) is 102 Å². The zero-order valence-corrected chi connectivity index (χ0v) is 41.7. The molecule has 0 heterocycles. The monoisotopic (exact) mass is 894 g/mol. The van der Waals surface area contributed by atoms with Crippen molar-refractivity contribution in [3.05, 3.63) is 85.1 Å². The van der Waals surface area contributed by atoms with Crippen LogP contribution in [0.25, 0.3) is 0 Å². The first-order valence-corrected chi connectivity index (χ1v) is 25.6. The number of hydrogen-bond donors (Lipinski definition) is 0. The minimum atomic E-state index is -1.13. The van der Waals surface area contributed by atoms with Crippen LogP contribution >= 0.6 is 0 Å². The molecule has 0 aliphatic carbocycles. The second-order valence-corrected chi connectivity index (χ2v) is 18.0. The van der Waals surface area contributed by atoms with E-state index in [0.29, 0.717) is 12.8 Å². The molecule has 0 amide bonds. The lowest BCUT2D eigenvalue weighted by Gasteiger charge is -2.34. The molecule has 0 saturated carbocycles. The van der Waals surface area contributed by atoms with Gasteiger partial charge in [-0.1, -0.05) is 176 Å². The molecule has 8 nitrogen and oxygen atoms in total. The summed E-state index contributed by atoms with van der Waals surface area (Å²) < 4.78 is 17.2. The fraction of sp³-hybridized carbons (Fsp3) is 0.696. The molecule has 8 heteroatoms. The van der Waals surface area contributed by atoms with E-state index in [1.165, 1.54) is 83.5 Å². The lowest BCUT2D eigenvalue weighted by atomic mass is 10.1. The highest BCUT2D eigenvalue weighted by atomic mass is 16.6. The molecule has 0 fully saturated rings. The summed E-state index contributed by atoms with van der Waals surface area (Å²) in [6, 6.07) is -0.738. The van der Waals surface area contributed by atoms with Gasteiger partial charge in [-0.15, -0.1) is 0 Å². The molecule has 0 aliphatic heterocycles. The average Bonchev–Trinajstić information content (AvgIpc) is 3.26. The first-order valence-electron chi connectivity index (χ1n) is 25.6. The second kappa shape index (κ2) is 46.1. The van der Waals surface area contributed by atoms with Crippen molar-refractivity contribution in [2.45, 2.75) is 212 Å². The molecule has 2 atom stereocenters. The molecule has 0 spiro atoms. The van der Waals surface area contributed by atoms with Crippen LogP contribution in [0.15, 0.2) is 85.1 Å². The van der Waals surface area contributed by atoms with Gasteiger partial charge in [0.2, 0.25) is 0 Å². The van der Waals surface area contributed by atoms with E-state index < -0.39 is 18.1 Å². The Morgan fingerprint density at radius 2 is 0.875 bits per heavy atom. The summed E-state index contributed by atoms with van der Waals surface area (Å²) in [6.45, 7) is 4.50. The Morgan fingerprint density at radius 3 is 1.31 bits per heavy atom. The Kier molecular flexibility index (Phi) is 43.5. The zero-order chi connectivity index (χ0) is 47.0. The Morgan fingerprint density at radius 1 is 0.484 bits per heavy atom. The molecule has 0 aliphatic rings. The Hall–Kier alpha value is -3.49. The van der Waals surface area contributed by atoms with Crippen LogP contribution in [0.3, 0.4) is 0 Å². The largest absolute Gasteiger partial charge is 0.544 e. The quantitative estimate of drug-likeness (QED) is 0.0260. The van der Waals surface area contributed by atoms with Crippen molar-refractivity contribution in [2.24, 2.45) is 0 Å². The maximum atomic E-state index is 12.8. The van der Waals surface area contributed by atoms with Crippen molar-refractivity contribution in [3.63, 3.8) is 0 Å². The summed E-state index contributed by atoms with van der Waals surface area (Å²) in [7, 11) is 5.39. The highest BCUT2D eigenvalue weighted by Crippen LogP contribution is 2.14. The maximum Gasteiger partial charge on any atom is 0.306 e. The molecule has 0 aromatic rings. The lowest BCUT2D eigenvalue weighted by molar-refractivity contribution is -0.889. The summed E-state index contributed by atoms with van der Waals surface area (Å²) in [5, 5.41) is 11.7. The number of allylic oxidation sites excluding steroid dienone is 14. The molecule has 0 bridgehead atoms. The van der Waals surface area contributed by atoms with Gasteiger partial charge in [-0.2, -0.15) is 0 Å². The summed E-state index contributed by atoms with van der Waals surface area (Å²) in [4.78, 5) is 37.0. The number of nitrogens with zero attached hydrogens (tertiary/aromatic N) is 1. The number of carbonyl (C=O) groups is 3. The molecule has 366 valence electrons. The second-order valence-electron chi connectivity index (χ2n) is 18.0. The highest BCUT2D eigenvalue weighted by molar-refractivity contribution is 5.70. The predicted molar refractivity (Wildman–Crippen MR) is 268 cm³/mol. The number of carboxylic acid groups (broad SMARTS) is 1. The van der Waals surface area contributed by atoms with Crippen molar-refractivity contribution in [1.82, 2.24) is 0 Å². The Balaban J connectivity index is 4.33. The van der Waals surface area contributed by atoms with Crippen molar-refractivity contribution in [3.8, 4) is 0 Å². The average molecular weight is 894 g/mol. The zero-order valence-electron chi connectivity index (χ0n) is 41.7. The number of carboxylic acids is 1. The standard InChI is InChI=1S/C56H95NO7/c1-6-8-10-12-14-16-18-20-22-24-26-27-29-30-32-34-36-38-40-42-44-46-54(58)63-51-52(50-62-49-48-53(56(60)61)57(3,4)5)64-55(59)47-45-43-41-39-37-35-33-31-28-25-23-21-19-17-15-13-11-9-7-2/h9,11,15,17-18,20-21,23-24,26,28,31,35,37,52-53H,6-8,10,12-14,16,19,22,25,27,29-30,32-34,36,38-51H2,1-5H3/b11-9-,17-15-,20-18-,23-21-,26-24-,31-28-,37-35-. The van der Waals surface area contributed by atoms with Gasteiger partial charge >= 0.3 is 11.9 Å². The normalized spacial score (nSPS) is 13.6. The first-order chi connectivity index (χ1) is 31.1. The SMILES string of the molecule is CC/C=C\C/C=C\C/C=C\C/C=C\C/C=C\CCCCCC(=O)OC(COCCC(C(=O)[O-])[N+](C)(C)C)COC(=O)CCCCCCCCCCC/C=C\C/C=C\CCCCCCC. The van der Waals surface area contributed by atoms with E-state index in [0.717, 1.165) is 77.0 Å². The predicted octanol–water partition coefficient (Wildman–Crippen LogP) is 13.5. The number of ether oxygens (including phenoxy) is 3. The third kappa shape index (κ3) is 43.7. The van der Waals surface area contributed by atoms with E-state index in [-0.39, 0.29) is 49.1 Å². The third-order valence-electron chi connectivity index (χ3n) is 11.0. The molecule has 0 aromatic heterocycles. The van der Waals surface area contributed by atoms with Crippen molar-refractivity contribution in [2.75, 3.05) is 41.0 Å². The molecular formula is C56H95NO7. The number of hydrogen-bond acceptors (Lipinski definition) is 7. The fourth-order valence-electron chi connectivity index (χ4n) is 7.07. The van der Waals surface area contributed by atoms with Gasteiger partial charge in [0.25, 0.3) is 0 Å². The Labute approximate surface area is 393 Å². The van der Waals surface area contributed by atoms with Crippen LogP contribution < -0.4 is 5.11 Å². The Bertz CT molecular complexity index is 1320. The number of likely N-dealkylation sites (N-methyl/N-ethyl adjacent to an activating group) is 1. The van der Waals surface area contributed by atoms with E-state index in [4.69, 9.17) is 14.2 Å². The number of esters is 2. The number of rotatable bonds is 45. The minimum absolute atomic E-state index is 0.0215. The van der Waals surface area contributed by atoms with Crippen LogP contribution in [0.2, 0.25) is 0 Å². The lowest BCUT2D eigenvalue weighted by Crippen LogP contribution is -2.55. The van der Waals surface area contributed by atoms with Crippen molar-refractivity contribution >= 4 is 17.9 Å². The first kappa shape index (κ1) is 60.5. The van der Waals surface area contributed by atoms with Crippen LogP contribution in [0, 0.1) is 0 Å². The molecule has 64 heavy (non-hydrogen) atoms. The summed E-state index contributed by atoms with van der Waals surface area (Å²) in [6.07, 6.45) is 60.4. The van der Waals surface area contributed by atoms with Gasteiger partial charge in [-0.3, -0.25) is 9.59 Å². The molecule has 0 rings (SSSR count). The fourth-order valence-corrected chi connectivity index (χ4v) is 7.07. The molecule has 0 radical (unpaired) electrons. The van der Waals surface area contributed by atoms with Gasteiger partial charge in [0, 0.05) is 19.3 Å². The van der Waals surface area contributed by atoms with Gasteiger partial charge in [-0.25, -0.2) is 0 Å². The van der Waals surface area contributed by atoms with Crippen molar-refractivity contribution in [1.29, 1.82) is 0 Å². The van der Waals surface area contributed by atoms with Gasteiger partial charge in [0.15, 0.2) is 6.10 Å². The van der Waals surface area contributed by atoms with Gasteiger partial charge in [0.05, 0.1) is 40.3 Å². The number of carbonyl (C=O) groups excluding carboxylic acids is 3. The molecule has 0 aromatic carbocycles. The number of unbranched alkanes of at least 4 members (excludes halogenated alkanes) is 17. The smallest absolute Gasteiger partial charge is 0.306 e. The molecular weight excluding hydrogens is 799 g/mol. The summed E-state index contributed by atoms with van der Waals surface area (Å²) in [5.41, 5.74) is 0. The highest BCUT2D eigenvalue weighted by Gasteiger charge is 2.25. The van der Waals surface area contributed by atoms with Gasteiger partial charge < -0.3 is 28.6 Å².